The summed E-state index contributed by atoms with van der Waals surface area (Å²) in [6.07, 6.45) is 5.08. The maximum Gasteiger partial charge on any atom is 0.251 e. The second-order valence-electron chi connectivity index (χ2n) is 7.85. The van der Waals surface area contributed by atoms with Crippen molar-refractivity contribution in [3.8, 4) is 5.75 Å². The number of hydrogen-bond donors (Lipinski definition) is 3. The number of methoxy groups -OCH3 is 1. The Labute approximate surface area is 196 Å². The lowest BCUT2D eigenvalue weighted by Crippen LogP contribution is -2.27. The fourth-order valence-electron chi connectivity index (χ4n) is 3.42. The van der Waals surface area contributed by atoms with Crippen molar-refractivity contribution in [1.29, 1.82) is 0 Å². The Morgan fingerprint density at radius 2 is 1.73 bits per heavy atom. The quantitative estimate of drug-likeness (QED) is 0.265. The van der Waals surface area contributed by atoms with E-state index in [4.69, 9.17) is 4.74 Å². The topological polar surface area (TPSA) is 62.4 Å². The van der Waals surface area contributed by atoms with Gasteiger partial charge in [0.25, 0.3) is 5.91 Å². The normalized spacial score (nSPS) is 10.9. The van der Waals surface area contributed by atoms with Crippen LogP contribution in [0.15, 0.2) is 66.7 Å². The van der Waals surface area contributed by atoms with E-state index >= 15 is 0 Å². The Morgan fingerprint density at radius 3 is 2.45 bits per heavy atom. The second kappa shape index (κ2) is 12.5. The molecule has 3 rings (SSSR count). The van der Waals surface area contributed by atoms with Gasteiger partial charge in [0.1, 0.15) is 5.75 Å². The summed E-state index contributed by atoms with van der Waals surface area (Å²) >= 11 is 0. The van der Waals surface area contributed by atoms with Crippen molar-refractivity contribution in [3.63, 3.8) is 0 Å². The number of benzene rings is 3. The monoisotopic (exact) mass is 443 g/mol. The van der Waals surface area contributed by atoms with Gasteiger partial charge >= 0.3 is 0 Å². The van der Waals surface area contributed by atoms with Crippen LogP contribution in [0.4, 0.5) is 11.4 Å². The van der Waals surface area contributed by atoms with Crippen molar-refractivity contribution in [1.82, 2.24) is 10.6 Å². The fraction of sp³-hybridized carbons (Fsp3) is 0.250. The minimum absolute atomic E-state index is 0.0354. The molecule has 3 aromatic carbocycles. The average molecular weight is 444 g/mol. The van der Waals surface area contributed by atoms with Crippen LogP contribution in [0.5, 0.6) is 5.75 Å². The molecular formula is C28H33N3O2. The first kappa shape index (κ1) is 24.1. The zero-order chi connectivity index (χ0) is 23.5. The van der Waals surface area contributed by atoms with Gasteiger partial charge in [-0.2, -0.15) is 0 Å². The van der Waals surface area contributed by atoms with Gasteiger partial charge in [-0.15, -0.1) is 0 Å². The molecule has 33 heavy (non-hydrogen) atoms. The molecule has 0 heterocycles. The molecule has 5 heteroatoms. The van der Waals surface area contributed by atoms with E-state index in [0.717, 1.165) is 53.3 Å². The van der Waals surface area contributed by atoms with Crippen molar-refractivity contribution < 1.29 is 9.53 Å². The Kier molecular flexibility index (Phi) is 9.09. The number of ether oxygens (including phenoxy) is 1. The molecule has 3 N–H and O–H groups in total. The highest BCUT2D eigenvalue weighted by atomic mass is 16.5. The van der Waals surface area contributed by atoms with Crippen molar-refractivity contribution in [2.75, 3.05) is 32.1 Å². The van der Waals surface area contributed by atoms with Gasteiger partial charge in [-0.25, -0.2) is 0 Å². The Hall–Kier alpha value is -3.57. The van der Waals surface area contributed by atoms with Crippen LogP contribution < -0.4 is 20.7 Å². The molecule has 0 fully saturated rings. The molecule has 1 amide bonds. The minimum atomic E-state index is -0.0354. The van der Waals surface area contributed by atoms with E-state index in [1.165, 1.54) is 0 Å². The molecule has 0 unspecified atom stereocenters. The molecule has 172 valence electrons. The van der Waals surface area contributed by atoms with Crippen LogP contribution in [0.25, 0.3) is 12.2 Å². The molecule has 0 aliphatic rings. The van der Waals surface area contributed by atoms with Crippen LogP contribution in [-0.4, -0.2) is 32.7 Å². The fourth-order valence-corrected chi connectivity index (χ4v) is 3.42. The summed E-state index contributed by atoms with van der Waals surface area (Å²) in [4.78, 5) is 12.4. The van der Waals surface area contributed by atoms with Gasteiger partial charge in [-0.05, 0) is 85.6 Å². The van der Waals surface area contributed by atoms with Gasteiger partial charge in [0.05, 0.1) is 7.11 Å². The first-order valence-electron chi connectivity index (χ1n) is 11.4. The van der Waals surface area contributed by atoms with Gasteiger partial charge in [-0.3, -0.25) is 4.79 Å². The maximum absolute atomic E-state index is 12.4. The molecule has 0 saturated carbocycles. The van der Waals surface area contributed by atoms with E-state index in [1.807, 2.05) is 61.5 Å². The number of carbonyl (C=O) groups excluding carboxylic acids is 1. The van der Waals surface area contributed by atoms with Crippen molar-refractivity contribution in [2.45, 2.75) is 20.3 Å². The second-order valence-corrected chi connectivity index (χ2v) is 7.85. The Bertz CT molecular complexity index is 1070. The summed E-state index contributed by atoms with van der Waals surface area (Å²) in [5.74, 6) is 0.813. The van der Waals surface area contributed by atoms with E-state index < -0.39 is 0 Å². The lowest BCUT2D eigenvalue weighted by molar-refractivity contribution is 0.0953. The van der Waals surface area contributed by atoms with E-state index in [1.54, 1.807) is 7.11 Å². The molecule has 0 aliphatic carbocycles. The van der Waals surface area contributed by atoms with Gasteiger partial charge in [0.2, 0.25) is 0 Å². The lowest BCUT2D eigenvalue weighted by Gasteiger charge is -2.12. The zero-order valence-corrected chi connectivity index (χ0v) is 19.7. The van der Waals surface area contributed by atoms with Gasteiger partial charge in [-0.1, -0.05) is 43.3 Å². The highest BCUT2D eigenvalue weighted by molar-refractivity contribution is 5.95. The number of amides is 1. The zero-order valence-electron chi connectivity index (χ0n) is 19.7. The largest absolute Gasteiger partial charge is 0.497 e. The summed E-state index contributed by atoms with van der Waals surface area (Å²) in [5, 5.41) is 9.71. The van der Waals surface area contributed by atoms with Crippen molar-refractivity contribution >= 4 is 29.4 Å². The van der Waals surface area contributed by atoms with E-state index in [2.05, 4.69) is 47.2 Å². The van der Waals surface area contributed by atoms with E-state index in [0.29, 0.717) is 12.1 Å². The molecule has 0 saturated heterocycles. The SMILES string of the molecule is CCNCCCNC(=O)c1ccc(Nc2cccc(/C=C/c3ccc(OC)cc3)c2)c(C)c1. The summed E-state index contributed by atoms with van der Waals surface area (Å²) < 4.78 is 5.21. The van der Waals surface area contributed by atoms with E-state index in [-0.39, 0.29) is 5.91 Å². The van der Waals surface area contributed by atoms with Crippen LogP contribution in [0.1, 0.15) is 40.4 Å². The molecule has 0 aliphatic heterocycles. The Morgan fingerprint density at radius 1 is 0.939 bits per heavy atom. The van der Waals surface area contributed by atoms with Crippen LogP contribution in [-0.2, 0) is 0 Å². The average Bonchev–Trinajstić information content (AvgIpc) is 2.84. The predicted octanol–water partition coefficient (Wildman–Crippen LogP) is 5.65. The summed E-state index contributed by atoms with van der Waals surface area (Å²) in [6, 6.07) is 21.9. The predicted molar refractivity (Wildman–Crippen MR) is 138 cm³/mol. The first-order chi connectivity index (χ1) is 16.1. The molecule has 3 aromatic rings. The molecule has 0 bridgehead atoms. The maximum atomic E-state index is 12.4. The number of rotatable bonds is 11. The number of aryl methyl sites for hydroxylation is 1. The standard InChI is InChI=1S/C28H33N3O2/c1-4-29-17-6-18-30-28(32)24-13-16-27(21(2)19-24)31-25-8-5-7-23(20-25)10-9-22-11-14-26(33-3)15-12-22/h5,7-16,19-20,29,31H,4,6,17-18H2,1-3H3,(H,30,32)/b10-9+. The highest BCUT2D eigenvalue weighted by Gasteiger charge is 2.08. The van der Waals surface area contributed by atoms with Crippen LogP contribution in [0.2, 0.25) is 0 Å². The molecule has 0 atom stereocenters. The van der Waals surface area contributed by atoms with Crippen LogP contribution in [0.3, 0.4) is 0 Å². The number of hydrogen-bond acceptors (Lipinski definition) is 4. The third kappa shape index (κ3) is 7.51. The van der Waals surface area contributed by atoms with Gasteiger partial charge in [0.15, 0.2) is 0 Å². The molecule has 0 spiro atoms. The third-order valence-corrected chi connectivity index (χ3v) is 5.30. The van der Waals surface area contributed by atoms with Gasteiger partial charge < -0.3 is 20.7 Å². The molecule has 0 radical (unpaired) electrons. The Balaban J connectivity index is 1.61. The van der Waals surface area contributed by atoms with Crippen molar-refractivity contribution in [3.05, 3.63) is 89.0 Å². The molecule has 5 nitrogen and oxygen atoms in total. The van der Waals surface area contributed by atoms with Gasteiger partial charge in [0, 0.05) is 23.5 Å². The summed E-state index contributed by atoms with van der Waals surface area (Å²) in [6.45, 7) is 6.61. The van der Waals surface area contributed by atoms with E-state index in [9.17, 15) is 4.79 Å². The number of carbonyl (C=O) groups is 1. The summed E-state index contributed by atoms with van der Waals surface area (Å²) in [5.41, 5.74) is 5.89. The number of nitrogens with one attached hydrogen (secondary N) is 3. The minimum Gasteiger partial charge on any atom is -0.497 e. The van der Waals surface area contributed by atoms with Crippen LogP contribution >= 0.6 is 0 Å². The lowest BCUT2D eigenvalue weighted by atomic mass is 10.1. The van der Waals surface area contributed by atoms with Crippen LogP contribution in [0, 0.1) is 6.92 Å². The highest BCUT2D eigenvalue weighted by Crippen LogP contribution is 2.23. The summed E-state index contributed by atoms with van der Waals surface area (Å²) in [7, 11) is 1.67. The third-order valence-electron chi connectivity index (χ3n) is 5.30. The first-order valence-corrected chi connectivity index (χ1v) is 11.4. The smallest absolute Gasteiger partial charge is 0.251 e. The molecular weight excluding hydrogens is 410 g/mol. The number of anilines is 2. The molecule has 0 aromatic heterocycles. The van der Waals surface area contributed by atoms with Crippen molar-refractivity contribution in [2.24, 2.45) is 0 Å².